The van der Waals surface area contributed by atoms with E-state index < -0.39 is 0 Å². The molecule has 1 heterocycles. The van der Waals surface area contributed by atoms with Crippen molar-refractivity contribution in [2.75, 3.05) is 0 Å². The smallest absolute Gasteiger partial charge is 0.0659 e. The van der Waals surface area contributed by atoms with Gasteiger partial charge in [0.25, 0.3) is 0 Å². The van der Waals surface area contributed by atoms with Gasteiger partial charge in [0.05, 0.1) is 5.35 Å². The minimum atomic E-state index is 0.724. The quantitative estimate of drug-likeness (QED) is 0.597. The number of hydrogen-bond acceptors (Lipinski definition) is 1. The molecule has 0 fully saturated rings. The summed E-state index contributed by atoms with van der Waals surface area (Å²) in [6.07, 6.45) is 8.81. The van der Waals surface area contributed by atoms with E-state index in [1.54, 1.807) is 0 Å². The van der Waals surface area contributed by atoms with E-state index in [9.17, 15) is 0 Å². The molecule has 1 aromatic heterocycles. The maximum atomic E-state index is 4.30. The zero-order valence-electron chi connectivity index (χ0n) is 7.33. The molecule has 1 heteroatoms. The molecule has 0 bridgehead atoms. The second-order valence-corrected chi connectivity index (χ2v) is 3.25. The molecule has 1 aliphatic carbocycles. The zero-order chi connectivity index (χ0) is 8.39. The van der Waals surface area contributed by atoms with Gasteiger partial charge in [0.15, 0.2) is 0 Å². The Labute approximate surface area is 72.5 Å². The van der Waals surface area contributed by atoms with Crippen molar-refractivity contribution in [3.05, 3.63) is 28.9 Å². The van der Waals surface area contributed by atoms with Crippen LogP contribution in [0, 0.1) is 5.92 Å². The lowest BCUT2D eigenvalue weighted by molar-refractivity contribution is 0.680. The van der Waals surface area contributed by atoms with Gasteiger partial charge in [-0.15, -0.1) is 0 Å². The van der Waals surface area contributed by atoms with Crippen LogP contribution in [0.3, 0.4) is 0 Å². The van der Waals surface area contributed by atoms with Crippen LogP contribution in [0.5, 0.6) is 0 Å². The summed E-state index contributed by atoms with van der Waals surface area (Å²) in [7, 11) is 0. The lowest BCUT2D eigenvalue weighted by atomic mass is 9.97. The summed E-state index contributed by atoms with van der Waals surface area (Å²) < 4.78 is 0. The molecule has 0 N–H and O–H groups in total. The largest absolute Gasteiger partial charge is 0.257 e. The van der Waals surface area contributed by atoms with Gasteiger partial charge in [-0.2, -0.15) is 0 Å². The first-order valence-corrected chi connectivity index (χ1v) is 4.53. The van der Waals surface area contributed by atoms with Gasteiger partial charge in [0.2, 0.25) is 0 Å². The highest BCUT2D eigenvalue weighted by Gasteiger charge is 2.03. The summed E-state index contributed by atoms with van der Waals surface area (Å²) in [6, 6.07) is 4.14. The first-order valence-electron chi connectivity index (χ1n) is 4.53. The van der Waals surface area contributed by atoms with Crippen LogP contribution >= 0.6 is 0 Å². The van der Waals surface area contributed by atoms with Gasteiger partial charge < -0.3 is 0 Å². The van der Waals surface area contributed by atoms with Crippen molar-refractivity contribution in [2.45, 2.75) is 19.8 Å². The topological polar surface area (TPSA) is 12.9 Å². The van der Waals surface area contributed by atoms with E-state index in [0.717, 1.165) is 17.7 Å². The normalized spacial score (nSPS) is 20.6. The highest BCUT2D eigenvalue weighted by Crippen LogP contribution is 2.11. The summed E-state index contributed by atoms with van der Waals surface area (Å²) in [5.41, 5.74) is 0. The minimum Gasteiger partial charge on any atom is -0.257 e. The number of aromatic nitrogens is 1. The molecule has 1 nitrogen and oxygen atoms in total. The number of rotatable bonds is 1. The fourth-order valence-electron chi connectivity index (χ4n) is 1.61. The van der Waals surface area contributed by atoms with Gasteiger partial charge in [0, 0.05) is 6.20 Å². The van der Waals surface area contributed by atoms with E-state index in [2.05, 4.69) is 30.1 Å². The molecule has 2 rings (SSSR count). The summed E-state index contributed by atoms with van der Waals surface area (Å²) in [5, 5.41) is 2.46. The molecule has 0 saturated heterocycles. The van der Waals surface area contributed by atoms with Crippen molar-refractivity contribution >= 4 is 12.2 Å². The fraction of sp³-hybridized carbons (Fsp3) is 0.364. The van der Waals surface area contributed by atoms with Gasteiger partial charge in [-0.3, -0.25) is 4.98 Å². The van der Waals surface area contributed by atoms with Crippen molar-refractivity contribution in [1.82, 2.24) is 4.98 Å². The molecule has 62 valence electrons. The van der Waals surface area contributed by atoms with E-state index in [-0.39, 0.29) is 0 Å². The third-order valence-electron chi connectivity index (χ3n) is 2.42. The molecule has 0 radical (unpaired) electrons. The van der Waals surface area contributed by atoms with Crippen LogP contribution in [0.1, 0.15) is 19.8 Å². The average Bonchev–Trinajstić information content (AvgIpc) is 2.17. The second-order valence-electron chi connectivity index (χ2n) is 3.25. The Hall–Kier alpha value is -1.11. The van der Waals surface area contributed by atoms with Crippen molar-refractivity contribution < 1.29 is 0 Å². The highest BCUT2D eigenvalue weighted by molar-refractivity contribution is 5.37. The summed E-state index contributed by atoms with van der Waals surface area (Å²) in [5.74, 6) is 0.724. The monoisotopic (exact) mass is 159 g/mol. The standard InChI is InChI=1S/C11H13N/c1-2-9-5-6-11-10(8-9)4-3-7-12-11/h3-4,6-9H,2,5H2,1H3. The van der Waals surface area contributed by atoms with E-state index >= 15 is 0 Å². The van der Waals surface area contributed by atoms with Gasteiger partial charge in [-0.05, 0) is 30.0 Å². The lowest BCUT2D eigenvalue weighted by Crippen LogP contribution is -2.31. The molecular weight excluding hydrogens is 146 g/mol. The zero-order valence-corrected chi connectivity index (χ0v) is 7.33. The van der Waals surface area contributed by atoms with Gasteiger partial charge in [-0.1, -0.05) is 25.1 Å². The van der Waals surface area contributed by atoms with Crippen LogP contribution in [-0.4, -0.2) is 4.98 Å². The van der Waals surface area contributed by atoms with Gasteiger partial charge >= 0.3 is 0 Å². The molecule has 1 aromatic rings. The molecule has 1 atom stereocenters. The van der Waals surface area contributed by atoms with E-state index in [4.69, 9.17) is 0 Å². The SMILES string of the molecule is CCC1C=c2cccnc2=CC1. The van der Waals surface area contributed by atoms with Gasteiger partial charge in [-0.25, -0.2) is 0 Å². The van der Waals surface area contributed by atoms with Crippen LogP contribution in [0.2, 0.25) is 0 Å². The molecule has 12 heavy (non-hydrogen) atoms. The number of fused-ring (bicyclic) bond motifs is 1. The number of hydrogen-bond donors (Lipinski definition) is 0. The predicted octanol–water partition coefficient (Wildman–Crippen LogP) is 1.07. The Morgan fingerprint density at radius 3 is 3.33 bits per heavy atom. The third kappa shape index (κ3) is 1.27. The third-order valence-corrected chi connectivity index (χ3v) is 2.42. The highest BCUT2D eigenvalue weighted by atomic mass is 14.6. The van der Waals surface area contributed by atoms with Crippen LogP contribution in [0.25, 0.3) is 12.2 Å². The first kappa shape index (κ1) is 7.53. The molecule has 1 aliphatic rings. The maximum absolute atomic E-state index is 4.30. The van der Waals surface area contributed by atoms with Crippen molar-refractivity contribution in [3.63, 3.8) is 0 Å². The number of pyridine rings is 1. The predicted molar refractivity (Wildman–Crippen MR) is 50.8 cm³/mol. The Bertz CT molecular complexity index is 378. The lowest BCUT2D eigenvalue weighted by Gasteiger charge is -2.09. The maximum Gasteiger partial charge on any atom is 0.0659 e. The molecule has 0 aromatic carbocycles. The molecule has 0 saturated carbocycles. The molecule has 1 unspecified atom stereocenters. The van der Waals surface area contributed by atoms with E-state index in [1.807, 2.05) is 12.3 Å². The molecular formula is C11H13N. The summed E-state index contributed by atoms with van der Waals surface area (Å²) in [4.78, 5) is 4.30. The molecule has 0 spiro atoms. The Morgan fingerprint density at radius 2 is 2.50 bits per heavy atom. The van der Waals surface area contributed by atoms with Gasteiger partial charge in [0.1, 0.15) is 0 Å². The van der Waals surface area contributed by atoms with Crippen molar-refractivity contribution in [3.8, 4) is 0 Å². The Morgan fingerprint density at radius 1 is 1.58 bits per heavy atom. The summed E-state index contributed by atoms with van der Waals surface area (Å²) in [6.45, 7) is 2.23. The summed E-state index contributed by atoms with van der Waals surface area (Å²) >= 11 is 0. The fourth-order valence-corrected chi connectivity index (χ4v) is 1.61. The minimum absolute atomic E-state index is 0.724. The van der Waals surface area contributed by atoms with E-state index in [1.165, 1.54) is 11.6 Å². The van der Waals surface area contributed by atoms with Crippen LogP contribution < -0.4 is 10.6 Å². The Kier molecular flexibility index (Phi) is 1.94. The van der Waals surface area contributed by atoms with Crippen LogP contribution in [-0.2, 0) is 0 Å². The second kappa shape index (κ2) is 3.10. The molecule has 0 aliphatic heterocycles. The van der Waals surface area contributed by atoms with Crippen LogP contribution in [0.4, 0.5) is 0 Å². The van der Waals surface area contributed by atoms with E-state index in [0.29, 0.717) is 0 Å². The molecule has 0 amide bonds. The van der Waals surface area contributed by atoms with Crippen LogP contribution in [0.15, 0.2) is 18.3 Å². The Balaban J connectivity index is 2.56. The average molecular weight is 159 g/mol. The first-order chi connectivity index (χ1) is 5.90. The van der Waals surface area contributed by atoms with Crippen molar-refractivity contribution in [2.24, 2.45) is 5.92 Å². The van der Waals surface area contributed by atoms with Crippen molar-refractivity contribution in [1.29, 1.82) is 0 Å². The number of nitrogens with zero attached hydrogens (tertiary/aromatic N) is 1.